The van der Waals surface area contributed by atoms with E-state index in [0.29, 0.717) is 6.54 Å². The van der Waals surface area contributed by atoms with Gasteiger partial charge in [0, 0.05) is 13.1 Å². The fraction of sp³-hybridized carbons (Fsp3) is 0.933. The zero-order valence-corrected chi connectivity index (χ0v) is 12.5. The molecule has 4 nitrogen and oxygen atoms in total. The molecule has 3 N–H and O–H groups in total. The highest BCUT2D eigenvalue weighted by Gasteiger charge is 2.35. The topological polar surface area (TPSA) is 64.3 Å². The summed E-state index contributed by atoms with van der Waals surface area (Å²) in [6.07, 6.45) is 7.67. The van der Waals surface area contributed by atoms with Gasteiger partial charge in [-0.15, -0.1) is 0 Å². The Balaban J connectivity index is 2.30. The van der Waals surface area contributed by atoms with Crippen LogP contribution in [0.25, 0.3) is 0 Å². The summed E-state index contributed by atoms with van der Waals surface area (Å²) >= 11 is 0. The molecule has 1 aliphatic rings. The van der Waals surface area contributed by atoms with E-state index in [-0.39, 0.29) is 18.1 Å². The third kappa shape index (κ3) is 5.49. The van der Waals surface area contributed by atoms with Crippen molar-refractivity contribution in [3.05, 3.63) is 0 Å². The highest BCUT2D eigenvalue weighted by molar-refractivity contribution is 5.77. The molecule has 1 amide bonds. The van der Waals surface area contributed by atoms with Crippen molar-refractivity contribution in [1.82, 2.24) is 5.32 Å². The lowest BCUT2D eigenvalue weighted by Crippen LogP contribution is -2.46. The van der Waals surface area contributed by atoms with Gasteiger partial charge in [0.2, 0.25) is 5.91 Å². The van der Waals surface area contributed by atoms with Crippen LogP contribution in [-0.2, 0) is 9.53 Å². The molecule has 0 aromatic heterocycles. The highest BCUT2D eigenvalue weighted by atomic mass is 16.5. The Labute approximate surface area is 117 Å². The fourth-order valence-corrected chi connectivity index (χ4v) is 2.69. The zero-order valence-electron chi connectivity index (χ0n) is 12.5. The van der Waals surface area contributed by atoms with Crippen molar-refractivity contribution < 1.29 is 9.53 Å². The highest BCUT2D eigenvalue weighted by Crippen LogP contribution is 2.35. The first-order chi connectivity index (χ1) is 9.15. The van der Waals surface area contributed by atoms with Crippen LogP contribution < -0.4 is 11.1 Å². The summed E-state index contributed by atoms with van der Waals surface area (Å²) in [7, 11) is 0. The molecule has 0 unspecified atom stereocenters. The van der Waals surface area contributed by atoms with Crippen molar-refractivity contribution >= 4 is 5.91 Å². The Kier molecular flexibility index (Phi) is 7.39. The van der Waals surface area contributed by atoms with Crippen LogP contribution in [0.3, 0.4) is 0 Å². The molecule has 0 atom stereocenters. The maximum absolute atomic E-state index is 11.7. The van der Waals surface area contributed by atoms with Crippen LogP contribution in [-0.4, -0.2) is 31.2 Å². The smallest absolute Gasteiger partial charge is 0.246 e. The van der Waals surface area contributed by atoms with Gasteiger partial charge in [-0.2, -0.15) is 0 Å². The molecule has 19 heavy (non-hydrogen) atoms. The summed E-state index contributed by atoms with van der Waals surface area (Å²) in [5.41, 5.74) is 5.62. The third-order valence-electron chi connectivity index (χ3n) is 4.33. The Hall–Kier alpha value is -0.610. The van der Waals surface area contributed by atoms with Gasteiger partial charge in [-0.3, -0.25) is 4.79 Å². The largest absolute Gasteiger partial charge is 0.364 e. The molecule has 1 rings (SSSR count). The van der Waals surface area contributed by atoms with Gasteiger partial charge >= 0.3 is 0 Å². The van der Waals surface area contributed by atoms with E-state index < -0.39 is 0 Å². The van der Waals surface area contributed by atoms with Gasteiger partial charge in [-0.1, -0.05) is 26.7 Å². The van der Waals surface area contributed by atoms with Crippen molar-refractivity contribution in [3.8, 4) is 0 Å². The Morgan fingerprint density at radius 1 is 1.37 bits per heavy atom. The van der Waals surface area contributed by atoms with Gasteiger partial charge < -0.3 is 15.8 Å². The minimum Gasteiger partial charge on any atom is -0.364 e. The standard InChI is InChI=1S/C15H30N2O2/c1-3-5-10-17-14(18)11-19-15(12-16)8-6-13(4-2)7-9-15/h13H,3-12,16H2,1-2H3,(H,17,18). The Bertz CT molecular complexity index is 261. The van der Waals surface area contributed by atoms with E-state index in [2.05, 4.69) is 19.2 Å². The summed E-state index contributed by atoms with van der Waals surface area (Å²) in [5, 5.41) is 2.88. The Morgan fingerprint density at radius 2 is 2.05 bits per heavy atom. The minimum absolute atomic E-state index is 0.0149. The summed E-state index contributed by atoms with van der Waals surface area (Å²) in [4.78, 5) is 11.7. The van der Waals surface area contributed by atoms with E-state index in [0.717, 1.165) is 38.1 Å². The first-order valence-electron chi connectivity index (χ1n) is 7.76. The lowest BCUT2D eigenvalue weighted by molar-refractivity contribution is -0.136. The second-order valence-corrected chi connectivity index (χ2v) is 5.73. The molecule has 0 saturated heterocycles. The SMILES string of the molecule is CCCCNC(=O)COC1(CN)CCC(CC)CC1. The number of hydrogen-bond donors (Lipinski definition) is 2. The number of hydrogen-bond acceptors (Lipinski definition) is 3. The van der Waals surface area contributed by atoms with Crippen LogP contribution in [0.5, 0.6) is 0 Å². The average Bonchev–Trinajstić information content (AvgIpc) is 2.46. The second kappa shape index (κ2) is 8.54. The minimum atomic E-state index is -0.256. The van der Waals surface area contributed by atoms with Gasteiger partial charge in [-0.05, 0) is 38.0 Å². The van der Waals surface area contributed by atoms with Crippen LogP contribution in [0, 0.1) is 5.92 Å². The van der Waals surface area contributed by atoms with E-state index >= 15 is 0 Å². The molecule has 0 aromatic carbocycles. The normalized spacial score (nSPS) is 27.2. The van der Waals surface area contributed by atoms with Gasteiger partial charge in [0.1, 0.15) is 6.61 Å². The van der Waals surface area contributed by atoms with E-state index in [9.17, 15) is 4.79 Å². The molecule has 4 heteroatoms. The number of rotatable bonds is 8. The van der Waals surface area contributed by atoms with Crippen molar-refractivity contribution in [2.75, 3.05) is 19.7 Å². The molecule has 0 aromatic rings. The van der Waals surface area contributed by atoms with Crippen molar-refractivity contribution in [3.63, 3.8) is 0 Å². The van der Waals surface area contributed by atoms with Crippen LogP contribution in [0.15, 0.2) is 0 Å². The predicted octanol–water partition coefficient (Wildman–Crippen LogP) is 2.22. The van der Waals surface area contributed by atoms with Crippen molar-refractivity contribution in [1.29, 1.82) is 0 Å². The van der Waals surface area contributed by atoms with E-state index in [1.54, 1.807) is 0 Å². The third-order valence-corrected chi connectivity index (χ3v) is 4.33. The molecule has 0 spiro atoms. The van der Waals surface area contributed by atoms with Crippen molar-refractivity contribution in [2.45, 2.75) is 64.4 Å². The van der Waals surface area contributed by atoms with Crippen LogP contribution in [0.2, 0.25) is 0 Å². The molecule has 0 aliphatic heterocycles. The first kappa shape index (κ1) is 16.4. The van der Waals surface area contributed by atoms with E-state index in [4.69, 9.17) is 10.5 Å². The maximum Gasteiger partial charge on any atom is 0.246 e. The second-order valence-electron chi connectivity index (χ2n) is 5.73. The van der Waals surface area contributed by atoms with E-state index in [1.165, 1.54) is 19.3 Å². The maximum atomic E-state index is 11.7. The van der Waals surface area contributed by atoms with E-state index in [1.807, 2.05) is 0 Å². The van der Waals surface area contributed by atoms with Gasteiger partial charge in [0.15, 0.2) is 0 Å². The number of carbonyl (C=O) groups is 1. The molecule has 0 radical (unpaired) electrons. The van der Waals surface area contributed by atoms with Gasteiger partial charge in [0.05, 0.1) is 5.60 Å². The summed E-state index contributed by atoms with van der Waals surface area (Å²) < 4.78 is 5.87. The van der Waals surface area contributed by atoms with Crippen LogP contribution in [0.1, 0.15) is 58.8 Å². The number of carbonyl (C=O) groups excluding carboxylic acids is 1. The molecular formula is C15H30N2O2. The fourth-order valence-electron chi connectivity index (χ4n) is 2.69. The number of nitrogens with two attached hydrogens (primary N) is 1. The lowest BCUT2D eigenvalue weighted by Gasteiger charge is -2.39. The predicted molar refractivity (Wildman–Crippen MR) is 77.9 cm³/mol. The van der Waals surface area contributed by atoms with Crippen LogP contribution in [0.4, 0.5) is 0 Å². The Morgan fingerprint density at radius 3 is 2.58 bits per heavy atom. The molecule has 0 heterocycles. The monoisotopic (exact) mass is 270 g/mol. The quantitative estimate of drug-likeness (QED) is 0.665. The van der Waals surface area contributed by atoms with Crippen LogP contribution >= 0.6 is 0 Å². The molecule has 0 bridgehead atoms. The van der Waals surface area contributed by atoms with Gasteiger partial charge in [-0.25, -0.2) is 0 Å². The van der Waals surface area contributed by atoms with Gasteiger partial charge in [0.25, 0.3) is 0 Å². The summed E-state index contributed by atoms with van der Waals surface area (Å²) in [5.74, 6) is 0.792. The zero-order chi connectivity index (χ0) is 14.1. The number of nitrogens with one attached hydrogen (secondary N) is 1. The number of amides is 1. The molecule has 1 fully saturated rings. The lowest BCUT2D eigenvalue weighted by atomic mass is 9.77. The summed E-state index contributed by atoms with van der Waals surface area (Å²) in [6.45, 7) is 5.76. The summed E-state index contributed by atoms with van der Waals surface area (Å²) in [6, 6.07) is 0. The van der Waals surface area contributed by atoms with Crippen molar-refractivity contribution in [2.24, 2.45) is 11.7 Å². The number of ether oxygens (including phenoxy) is 1. The molecule has 112 valence electrons. The first-order valence-corrected chi connectivity index (χ1v) is 7.76. The molecular weight excluding hydrogens is 240 g/mol. The molecule has 1 saturated carbocycles. The average molecular weight is 270 g/mol. The number of unbranched alkanes of at least 4 members (excludes halogenated alkanes) is 1. The molecule has 1 aliphatic carbocycles.